The zero-order valence-corrected chi connectivity index (χ0v) is 14.8. The van der Waals surface area contributed by atoms with Gasteiger partial charge in [0.25, 0.3) is 0 Å². The molecule has 6 nitrogen and oxygen atoms in total. The third-order valence-electron chi connectivity index (χ3n) is 2.37. The number of carbonyl (C=O) groups excluding carboxylic acids is 1. The van der Waals surface area contributed by atoms with Crippen LogP contribution in [0.3, 0.4) is 0 Å². The molecule has 0 spiro atoms. The van der Waals surface area contributed by atoms with E-state index in [0.29, 0.717) is 19.0 Å². The molecule has 0 saturated carbocycles. The number of hydrogen-bond donors (Lipinski definition) is 2. The number of aliphatic imine (C=N–C) groups is 1. The van der Waals surface area contributed by atoms with Gasteiger partial charge in [-0.3, -0.25) is 4.99 Å². The number of guanidine groups is 1. The first-order valence-electron chi connectivity index (χ1n) is 7.32. The maximum absolute atomic E-state index is 11.9. The summed E-state index contributed by atoms with van der Waals surface area (Å²) in [5.74, 6) is 0.622. The molecule has 0 saturated heterocycles. The summed E-state index contributed by atoms with van der Waals surface area (Å²) < 4.78 is 5.31. The molecule has 0 bridgehead atoms. The van der Waals surface area contributed by atoms with E-state index < -0.39 is 5.60 Å². The van der Waals surface area contributed by atoms with Gasteiger partial charge in [-0.2, -0.15) is 0 Å². The van der Waals surface area contributed by atoms with Crippen LogP contribution in [-0.4, -0.2) is 48.2 Å². The van der Waals surface area contributed by atoms with Crippen molar-refractivity contribution in [3.63, 3.8) is 0 Å². The van der Waals surface area contributed by atoms with E-state index in [9.17, 15) is 4.79 Å². The first-order chi connectivity index (χ1) is 9.30. The molecule has 6 heteroatoms. The Morgan fingerprint density at radius 1 is 1.29 bits per heavy atom. The van der Waals surface area contributed by atoms with Crippen molar-refractivity contribution in [2.24, 2.45) is 16.6 Å². The Morgan fingerprint density at radius 2 is 1.81 bits per heavy atom. The SMILES string of the molecule is CC(CN=C(N)NC(C)(C)C)CN(C)C(=O)OC(C)(C)C. The lowest BCUT2D eigenvalue weighted by atomic mass is 10.1. The van der Waals surface area contributed by atoms with Crippen LogP contribution in [-0.2, 0) is 4.74 Å². The molecule has 0 aliphatic rings. The highest BCUT2D eigenvalue weighted by Gasteiger charge is 2.20. The maximum Gasteiger partial charge on any atom is 0.410 e. The summed E-state index contributed by atoms with van der Waals surface area (Å²) in [5, 5.41) is 3.10. The average molecular weight is 300 g/mol. The molecule has 0 aromatic heterocycles. The molecule has 0 aromatic carbocycles. The fraction of sp³-hybridized carbons (Fsp3) is 0.867. The number of rotatable bonds is 4. The highest BCUT2D eigenvalue weighted by Crippen LogP contribution is 2.10. The quantitative estimate of drug-likeness (QED) is 0.616. The molecule has 1 atom stereocenters. The summed E-state index contributed by atoms with van der Waals surface area (Å²) in [5.41, 5.74) is 5.23. The van der Waals surface area contributed by atoms with Crippen molar-refractivity contribution in [2.45, 2.75) is 59.6 Å². The molecule has 0 aliphatic heterocycles. The highest BCUT2D eigenvalue weighted by molar-refractivity contribution is 5.78. The number of ether oxygens (including phenoxy) is 1. The standard InChI is InChI=1S/C15H32N4O2/c1-11(9-17-12(16)18-14(2,3)4)10-19(8)13(20)21-15(5,6)7/h11H,9-10H2,1-8H3,(H3,16,17,18). The fourth-order valence-corrected chi connectivity index (χ4v) is 1.62. The number of nitrogens with two attached hydrogens (primary N) is 1. The predicted octanol–water partition coefficient (Wildman–Crippen LogP) is 2.19. The molecule has 0 aliphatic carbocycles. The minimum atomic E-state index is -0.478. The van der Waals surface area contributed by atoms with Crippen LogP contribution in [0.2, 0.25) is 0 Å². The second-order valence-corrected chi connectivity index (χ2v) is 7.57. The van der Waals surface area contributed by atoms with Gasteiger partial charge in [0.05, 0.1) is 0 Å². The molecule has 124 valence electrons. The average Bonchev–Trinajstić information content (AvgIpc) is 2.21. The first-order valence-corrected chi connectivity index (χ1v) is 7.32. The lowest BCUT2D eigenvalue weighted by molar-refractivity contribution is 0.0279. The molecular formula is C15H32N4O2. The normalized spacial score (nSPS) is 14.6. The van der Waals surface area contributed by atoms with Crippen molar-refractivity contribution in [1.29, 1.82) is 0 Å². The first kappa shape index (κ1) is 19.5. The number of hydrogen-bond acceptors (Lipinski definition) is 3. The van der Waals surface area contributed by atoms with Gasteiger partial charge < -0.3 is 20.7 Å². The summed E-state index contributed by atoms with van der Waals surface area (Å²) in [6.07, 6.45) is -0.320. The fourth-order valence-electron chi connectivity index (χ4n) is 1.62. The number of nitrogens with one attached hydrogen (secondary N) is 1. The van der Waals surface area contributed by atoms with E-state index in [4.69, 9.17) is 10.5 Å². The third-order valence-corrected chi connectivity index (χ3v) is 2.37. The maximum atomic E-state index is 11.9. The predicted molar refractivity (Wildman–Crippen MR) is 87.4 cm³/mol. The van der Waals surface area contributed by atoms with Gasteiger partial charge in [-0.05, 0) is 47.5 Å². The lowest BCUT2D eigenvalue weighted by Gasteiger charge is -2.26. The van der Waals surface area contributed by atoms with Crippen LogP contribution in [0.15, 0.2) is 4.99 Å². The van der Waals surface area contributed by atoms with Gasteiger partial charge >= 0.3 is 6.09 Å². The molecule has 1 unspecified atom stereocenters. The van der Waals surface area contributed by atoms with Gasteiger partial charge in [-0.15, -0.1) is 0 Å². The van der Waals surface area contributed by atoms with Crippen molar-refractivity contribution in [3.05, 3.63) is 0 Å². The molecule has 0 radical (unpaired) electrons. The van der Waals surface area contributed by atoms with E-state index in [1.165, 1.54) is 0 Å². The molecule has 21 heavy (non-hydrogen) atoms. The van der Waals surface area contributed by atoms with Crippen molar-refractivity contribution >= 4 is 12.1 Å². The minimum Gasteiger partial charge on any atom is -0.444 e. The van der Waals surface area contributed by atoms with Gasteiger partial charge in [0.2, 0.25) is 0 Å². The summed E-state index contributed by atoms with van der Waals surface area (Å²) in [7, 11) is 1.73. The molecule has 0 aromatic rings. The molecule has 0 rings (SSSR count). The van der Waals surface area contributed by atoms with Crippen molar-refractivity contribution in [1.82, 2.24) is 10.2 Å². The van der Waals surface area contributed by atoms with Crippen molar-refractivity contribution in [3.8, 4) is 0 Å². The summed E-state index contributed by atoms with van der Waals surface area (Å²) in [6.45, 7) is 14.8. The van der Waals surface area contributed by atoms with E-state index in [2.05, 4.69) is 10.3 Å². The highest BCUT2D eigenvalue weighted by atomic mass is 16.6. The van der Waals surface area contributed by atoms with Crippen LogP contribution in [0.4, 0.5) is 4.79 Å². The topological polar surface area (TPSA) is 80.0 Å². The van der Waals surface area contributed by atoms with E-state index in [1.807, 2.05) is 48.5 Å². The molecule has 0 heterocycles. The Hall–Kier alpha value is -1.46. The lowest BCUT2D eigenvalue weighted by Crippen LogP contribution is -2.45. The van der Waals surface area contributed by atoms with Gasteiger partial charge in [-0.25, -0.2) is 4.79 Å². The van der Waals surface area contributed by atoms with Gasteiger partial charge in [-0.1, -0.05) is 6.92 Å². The molecular weight excluding hydrogens is 268 g/mol. The minimum absolute atomic E-state index is 0.107. The van der Waals surface area contributed by atoms with E-state index in [1.54, 1.807) is 11.9 Å². The van der Waals surface area contributed by atoms with Crippen molar-refractivity contribution < 1.29 is 9.53 Å². The van der Waals surface area contributed by atoms with Crippen LogP contribution in [0.25, 0.3) is 0 Å². The number of amides is 1. The molecule has 3 N–H and O–H groups in total. The number of carbonyl (C=O) groups is 1. The molecule has 1 amide bonds. The Morgan fingerprint density at radius 3 is 2.24 bits per heavy atom. The van der Waals surface area contributed by atoms with Gasteiger partial charge in [0.15, 0.2) is 5.96 Å². The Bertz CT molecular complexity index is 367. The molecule has 0 fully saturated rings. The Balaban J connectivity index is 4.28. The summed E-state index contributed by atoms with van der Waals surface area (Å²) in [4.78, 5) is 17.7. The van der Waals surface area contributed by atoms with Crippen LogP contribution in [0.1, 0.15) is 48.5 Å². The third kappa shape index (κ3) is 10.9. The Kier molecular flexibility index (Phi) is 7.00. The van der Waals surface area contributed by atoms with Crippen LogP contribution < -0.4 is 11.1 Å². The van der Waals surface area contributed by atoms with E-state index >= 15 is 0 Å². The van der Waals surface area contributed by atoms with Crippen LogP contribution >= 0.6 is 0 Å². The smallest absolute Gasteiger partial charge is 0.410 e. The summed E-state index contributed by atoms with van der Waals surface area (Å²) >= 11 is 0. The van der Waals surface area contributed by atoms with Gasteiger partial charge in [0, 0.05) is 25.7 Å². The van der Waals surface area contributed by atoms with Gasteiger partial charge in [0.1, 0.15) is 5.60 Å². The van der Waals surface area contributed by atoms with Crippen molar-refractivity contribution in [2.75, 3.05) is 20.1 Å². The van der Waals surface area contributed by atoms with E-state index in [-0.39, 0.29) is 17.6 Å². The summed E-state index contributed by atoms with van der Waals surface area (Å²) in [6, 6.07) is 0. The zero-order chi connectivity index (χ0) is 16.8. The van der Waals surface area contributed by atoms with Crippen LogP contribution in [0.5, 0.6) is 0 Å². The van der Waals surface area contributed by atoms with Crippen LogP contribution in [0, 0.1) is 5.92 Å². The van der Waals surface area contributed by atoms with E-state index in [0.717, 1.165) is 0 Å². The largest absolute Gasteiger partial charge is 0.444 e. The second-order valence-electron chi connectivity index (χ2n) is 7.57. The Labute approximate surface area is 129 Å². The zero-order valence-electron chi connectivity index (χ0n) is 14.8. The number of nitrogens with zero attached hydrogens (tertiary/aromatic N) is 2. The monoisotopic (exact) mass is 300 g/mol. The second kappa shape index (κ2) is 7.52.